The minimum absolute atomic E-state index is 0.602. The molecular formula is C14H17Br. The molecule has 0 atom stereocenters. The number of benzene rings is 1. The van der Waals surface area contributed by atoms with Gasteiger partial charge in [-0.25, -0.2) is 0 Å². The predicted molar refractivity (Wildman–Crippen MR) is 72.2 cm³/mol. The Bertz CT molecular complexity index is 334. The molecule has 1 heteroatoms. The summed E-state index contributed by atoms with van der Waals surface area (Å²) < 4.78 is 0. The molecular weight excluding hydrogens is 248 g/mol. The lowest BCUT2D eigenvalue weighted by atomic mass is 10.0. The predicted octanol–water partition coefficient (Wildman–Crippen LogP) is 4.68. The first kappa shape index (κ1) is 12.3. The van der Waals surface area contributed by atoms with Gasteiger partial charge in [-0.3, -0.25) is 0 Å². The van der Waals surface area contributed by atoms with E-state index in [-0.39, 0.29) is 0 Å². The summed E-state index contributed by atoms with van der Waals surface area (Å²) in [5, 5.41) is 0.948. The van der Waals surface area contributed by atoms with Crippen LogP contribution in [-0.4, -0.2) is 5.33 Å². The van der Waals surface area contributed by atoms with Crippen LogP contribution < -0.4 is 0 Å². The van der Waals surface area contributed by atoms with Crippen LogP contribution in [0.4, 0.5) is 0 Å². The maximum absolute atomic E-state index is 3.50. The highest BCUT2D eigenvalue weighted by molar-refractivity contribution is 9.09. The minimum Gasteiger partial charge on any atom is -0.0880 e. The summed E-state index contributed by atoms with van der Waals surface area (Å²) in [5.74, 6) is 0.602. The van der Waals surface area contributed by atoms with Gasteiger partial charge in [0.05, 0.1) is 0 Å². The quantitative estimate of drug-likeness (QED) is 0.548. The molecule has 0 fully saturated rings. The summed E-state index contributed by atoms with van der Waals surface area (Å²) in [6.07, 6.45) is 6.43. The van der Waals surface area contributed by atoms with Crippen LogP contribution in [-0.2, 0) is 0 Å². The molecule has 0 spiro atoms. The van der Waals surface area contributed by atoms with Gasteiger partial charge in [0.25, 0.3) is 0 Å². The van der Waals surface area contributed by atoms with E-state index in [4.69, 9.17) is 0 Å². The minimum atomic E-state index is 0.602. The van der Waals surface area contributed by atoms with E-state index in [0.717, 1.165) is 5.33 Å². The van der Waals surface area contributed by atoms with Gasteiger partial charge in [0.15, 0.2) is 0 Å². The molecule has 0 aliphatic rings. The lowest BCUT2D eigenvalue weighted by molar-refractivity contribution is 0.774. The Morgan fingerprint density at radius 2 is 1.93 bits per heavy atom. The number of alkyl halides is 1. The number of allylic oxidation sites excluding steroid dienone is 3. The summed E-state index contributed by atoms with van der Waals surface area (Å²) in [6.45, 7) is 4.42. The molecule has 0 aromatic heterocycles. The molecule has 0 nitrogen and oxygen atoms in total. The number of rotatable bonds is 4. The van der Waals surface area contributed by atoms with E-state index >= 15 is 0 Å². The fourth-order valence-corrected chi connectivity index (χ4v) is 2.07. The van der Waals surface area contributed by atoms with Crippen LogP contribution >= 0.6 is 15.9 Å². The summed E-state index contributed by atoms with van der Waals surface area (Å²) in [4.78, 5) is 0. The number of hydrogen-bond donors (Lipinski definition) is 0. The second-order valence-electron chi connectivity index (χ2n) is 3.80. The van der Waals surface area contributed by atoms with Crippen LogP contribution in [0.5, 0.6) is 0 Å². The Balaban J connectivity index is 2.66. The van der Waals surface area contributed by atoms with Gasteiger partial charge in [-0.05, 0) is 11.5 Å². The molecule has 0 amide bonds. The van der Waals surface area contributed by atoms with Crippen LogP contribution in [0.1, 0.15) is 19.4 Å². The van der Waals surface area contributed by atoms with Gasteiger partial charge >= 0.3 is 0 Å². The summed E-state index contributed by atoms with van der Waals surface area (Å²) in [7, 11) is 0. The van der Waals surface area contributed by atoms with E-state index < -0.39 is 0 Å². The largest absolute Gasteiger partial charge is 0.0880 e. The molecule has 0 aliphatic carbocycles. The Morgan fingerprint density at radius 3 is 2.47 bits per heavy atom. The third kappa shape index (κ3) is 4.48. The van der Waals surface area contributed by atoms with E-state index in [1.807, 2.05) is 6.07 Å². The fourth-order valence-electron chi connectivity index (χ4n) is 1.24. The molecule has 0 unspecified atom stereocenters. The van der Waals surface area contributed by atoms with Gasteiger partial charge in [0.2, 0.25) is 0 Å². The van der Waals surface area contributed by atoms with Crippen molar-refractivity contribution in [3.63, 3.8) is 0 Å². The van der Waals surface area contributed by atoms with Gasteiger partial charge in [-0.1, -0.05) is 83.9 Å². The molecule has 0 heterocycles. The maximum Gasteiger partial charge on any atom is 0.0247 e. The van der Waals surface area contributed by atoms with E-state index in [1.165, 1.54) is 11.1 Å². The Kier molecular flexibility index (Phi) is 5.41. The van der Waals surface area contributed by atoms with Crippen LogP contribution in [0.3, 0.4) is 0 Å². The molecule has 1 aromatic carbocycles. The first-order valence-corrected chi connectivity index (χ1v) is 6.34. The lowest BCUT2D eigenvalue weighted by Gasteiger charge is -2.05. The van der Waals surface area contributed by atoms with Crippen molar-refractivity contribution in [2.45, 2.75) is 13.8 Å². The molecule has 0 N–H and O–H groups in total. The molecule has 0 radical (unpaired) electrons. The van der Waals surface area contributed by atoms with E-state index in [2.05, 4.69) is 72.3 Å². The third-order valence-corrected chi connectivity index (χ3v) is 2.94. The first-order valence-electron chi connectivity index (χ1n) is 5.22. The lowest BCUT2D eigenvalue weighted by Crippen LogP contribution is -1.93. The van der Waals surface area contributed by atoms with Crippen molar-refractivity contribution < 1.29 is 0 Å². The van der Waals surface area contributed by atoms with Crippen molar-refractivity contribution in [1.29, 1.82) is 0 Å². The van der Waals surface area contributed by atoms with Gasteiger partial charge < -0.3 is 0 Å². The zero-order valence-corrected chi connectivity index (χ0v) is 10.9. The SMILES string of the molecule is CC(C)C(=CC=Cc1ccccc1)CBr. The highest BCUT2D eigenvalue weighted by Gasteiger charge is 1.98. The standard InChI is InChI=1S/C14H17Br/c1-12(2)14(11-15)10-6-9-13-7-4-3-5-8-13/h3-10,12H,11H2,1-2H3. The van der Waals surface area contributed by atoms with Crippen LogP contribution in [0.2, 0.25) is 0 Å². The topological polar surface area (TPSA) is 0 Å². The van der Waals surface area contributed by atoms with Gasteiger partial charge in [-0.2, -0.15) is 0 Å². The zero-order chi connectivity index (χ0) is 11.1. The molecule has 1 rings (SSSR count). The smallest absolute Gasteiger partial charge is 0.0247 e. The van der Waals surface area contributed by atoms with Crippen molar-refractivity contribution in [2.24, 2.45) is 5.92 Å². The van der Waals surface area contributed by atoms with Gasteiger partial charge in [0.1, 0.15) is 0 Å². The summed E-state index contributed by atoms with van der Waals surface area (Å²) in [6, 6.07) is 10.3. The first-order chi connectivity index (χ1) is 7.24. The van der Waals surface area contributed by atoms with E-state index in [9.17, 15) is 0 Å². The van der Waals surface area contributed by atoms with Crippen LogP contribution in [0, 0.1) is 5.92 Å². The Hall–Kier alpha value is -0.820. The normalized spacial score (nSPS) is 12.7. The highest BCUT2D eigenvalue weighted by atomic mass is 79.9. The van der Waals surface area contributed by atoms with E-state index in [1.54, 1.807) is 0 Å². The monoisotopic (exact) mass is 264 g/mol. The second kappa shape index (κ2) is 6.62. The molecule has 15 heavy (non-hydrogen) atoms. The third-order valence-electron chi connectivity index (χ3n) is 2.29. The molecule has 0 saturated heterocycles. The maximum atomic E-state index is 3.50. The number of hydrogen-bond acceptors (Lipinski definition) is 0. The van der Waals surface area contributed by atoms with E-state index in [0.29, 0.717) is 5.92 Å². The Morgan fingerprint density at radius 1 is 1.27 bits per heavy atom. The summed E-state index contributed by atoms with van der Waals surface area (Å²) >= 11 is 3.50. The molecule has 0 aliphatic heterocycles. The summed E-state index contributed by atoms with van der Waals surface area (Å²) in [5.41, 5.74) is 2.66. The van der Waals surface area contributed by atoms with Crippen molar-refractivity contribution >= 4 is 22.0 Å². The van der Waals surface area contributed by atoms with Crippen LogP contribution in [0.15, 0.2) is 48.1 Å². The average Bonchev–Trinajstić information content (AvgIpc) is 2.25. The van der Waals surface area contributed by atoms with Crippen molar-refractivity contribution in [3.8, 4) is 0 Å². The average molecular weight is 265 g/mol. The Labute approximate surface area is 101 Å². The van der Waals surface area contributed by atoms with Crippen molar-refractivity contribution in [3.05, 3.63) is 53.6 Å². The highest BCUT2D eigenvalue weighted by Crippen LogP contribution is 2.12. The van der Waals surface area contributed by atoms with Crippen LogP contribution in [0.25, 0.3) is 6.08 Å². The number of halogens is 1. The van der Waals surface area contributed by atoms with Gasteiger partial charge in [0, 0.05) is 5.33 Å². The molecule has 80 valence electrons. The van der Waals surface area contributed by atoms with Crippen molar-refractivity contribution in [1.82, 2.24) is 0 Å². The van der Waals surface area contributed by atoms with Crippen molar-refractivity contribution in [2.75, 3.05) is 5.33 Å². The fraction of sp³-hybridized carbons (Fsp3) is 0.286. The zero-order valence-electron chi connectivity index (χ0n) is 9.28. The molecule has 1 aromatic rings. The molecule has 0 bridgehead atoms. The molecule has 0 saturated carbocycles. The second-order valence-corrected chi connectivity index (χ2v) is 4.36. The van der Waals surface area contributed by atoms with Gasteiger partial charge in [-0.15, -0.1) is 0 Å².